The zero-order valence-electron chi connectivity index (χ0n) is 11.9. The first-order valence-electron chi connectivity index (χ1n) is 7.45. The van der Waals surface area contributed by atoms with Crippen LogP contribution in [-0.4, -0.2) is 18.0 Å². The Morgan fingerprint density at radius 3 is 2.95 bits per heavy atom. The molecule has 1 aliphatic heterocycles. The molecule has 1 atom stereocenters. The average molecular weight is 281 g/mol. The van der Waals surface area contributed by atoms with Gasteiger partial charge in [-0.3, -0.25) is 4.90 Å². The summed E-state index contributed by atoms with van der Waals surface area (Å²) in [4.78, 5) is 2.53. The fraction of sp³-hybridized carbons (Fsp3) is 0.625. The van der Waals surface area contributed by atoms with Crippen LogP contribution in [0.1, 0.15) is 44.6 Å². The first kappa shape index (κ1) is 14.7. The third-order valence-electron chi connectivity index (χ3n) is 4.14. The van der Waals surface area contributed by atoms with Crippen LogP contribution < -0.4 is 5.73 Å². The maximum Gasteiger partial charge on any atom is 0.0410 e. The molecule has 0 aromatic heterocycles. The number of hydrogen-bond acceptors (Lipinski definition) is 2. The van der Waals surface area contributed by atoms with E-state index in [4.69, 9.17) is 17.3 Å². The van der Waals surface area contributed by atoms with Gasteiger partial charge in [0.1, 0.15) is 0 Å². The lowest BCUT2D eigenvalue weighted by Gasteiger charge is -2.21. The highest BCUT2D eigenvalue weighted by molar-refractivity contribution is 6.30. The van der Waals surface area contributed by atoms with Crippen molar-refractivity contribution in [1.82, 2.24) is 4.90 Å². The molecule has 0 aliphatic carbocycles. The molecule has 2 N–H and O–H groups in total. The monoisotopic (exact) mass is 280 g/mol. The standard InChI is InChI=1S/C16H25ClN2/c1-2-4-13-5-3-9-19(10-8-13)12-14-11-15(17)6-7-16(14)18/h6-7,11,13H,2-5,8-10,12,18H2,1H3. The van der Waals surface area contributed by atoms with Crippen LogP contribution >= 0.6 is 11.6 Å². The first-order valence-corrected chi connectivity index (χ1v) is 7.83. The Kier molecular flexibility index (Phi) is 5.53. The van der Waals surface area contributed by atoms with Gasteiger partial charge in [0.15, 0.2) is 0 Å². The number of benzene rings is 1. The molecule has 1 aromatic carbocycles. The summed E-state index contributed by atoms with van der Waals surface area (Å²) < 4.78 is 0. The second-order valence-electron chi connectivity index (χ2n) is 5.70. The lowest BCUT2D eigenvalue weighted by molar-refractivity contribution is 0.272. The average Bonchev–Trinajstić information content (AvgIpc) is 2.60. The molecule has 19 heavy (non-hydrogen) atoms. The minimum absolute atomic E-state index is 0.780. The highest BCUT2D eigenvalue weighted by Gasteiger charge is 2.17. The summed E-state index contributed by atoms with van der Waals surface area (Å²) in [6.45, 7) is 5.60. The van der Waals surface area contributed by atoms with Crippen molar-refractivity contribution in [2.45, 2.75) is 45.6 Å². The Balaban J connectivity index is 1.94. The van der Waals surface area contributed by atoms with Crippen LogP contribution in [0.4, 0.5) is 5.69 Å². The Hall–Kier alpha value is -0.730. The Bertz CT molecular complexity index is 406. The molecule has 2 nitrogen and oxygen atoms in total. The normalized spacial score (nSPS) is 21.3. The zero-order valence-corrected chi connectivity index (χ0v) is 12.6. The smallest absolute Gasteiger partial charge is 0.0410 e. The van der Waals surface area contributed by atoms with Crippen LogP contribution in [-0.2, 0) is 6.54 Å². The van der Waals surface area contributed by atoms with Crippen LogP contribution in [0.2, 0.25) is 5.02 Å². The SMILES string of the molecule is CCCC1CCCN(Cc2cc(Cl)ccc2N)CC1. The Labute approximate surface area is 121 Å². The van der Waals surface area contributed by atoms with Gasteiger partial charge < -0.3 is 5.73 Å². The van der Waals surface area contributed by atoms with Gasteiger partial charge in [-0.05, 0) is 62.0 Å². The fourth-order valence-electron chi connectivity index (χ4n) is 3.03. The summed E-state index contributed by atoms with van der Waals surface area (Å²) in [7, 11) is 0. The van der Waals surface area contributed by atoms with E-state index in [0.717, 1.165) is 23.2 Å². The van der Waals surface area contributed by atoms with Gasteiger partial charge in [0.2, 0.25) is 0 Å². The molecule has 1 heterocycles. The molecule has 106 valence electrons. The van der Waals surface area contributed by atoms with Crippen molar-refractivity contribution < 1.29 is 0 Å². The van der Waals surface area contributed by atoms with Gasteiger partial charge in [-0.1, -0.05) is 31.4 Å². The molecule has 0 amide bonds. The van der Waals surface area contributed by atoms with E-state index < -0.39 is 0 Å². The van der Waals surface area contributed by atoms with Crippen LogP contribution in [0, 0.1) is 5.92 Å². The van der Waals surface area contributed by atoms with E-state index >= 15 is 0 Å². The molecular weight excluding hydrogens is 256 g/mol. The van der Waals surface area contributed by atoms with Crippen molar-refractivity contribution in [3.63, 3.8) is 0 Å². The summed E-state index contributed by atoms with van der Waals surface area (Å²) in [5.41, 5.74) is 8.06. The van der Waals surface area contributed by atoms with Crippen molar-refractivity contribution in [3.05, 3.63) is 28.8 Å². The largest absolute Gasteiger partial charge is 0.398 e. The van der Waals surface area contributed by atoms with E-state index in [9.17, 15) is 0 Å². The van der Waals surface area contributed by atoms with E-state index in [1.165, 1.54) is 50.8 Å². The number of nitrogen functional groups attached to an aromatic ring is 1. The summed E-state index contributed by atoms with van der Waals surface area (Å²) >= 11 is 6.06. The maximum atomic E-state index is 6.06. The number of likely N-dealkylation sites (tertiary alicyclic amines) is 1. The molecule has 1 fully saturated rings. The Morgan fingerprint density at radius 1 is 1.32 bits per heavy atom. The van der Waals surface area contributed by atoms with E-state index in [1.807, 2.05) is 18.2 Å². The number of nitrogens with zero attached hydrogens (tertiary/aromatic N) is 1. The third-order valence-corrected chi connectivity index (χ3v) is 4.37. The summed E-state index contributed by atoms with van der Waals surface area (Å²) in [6.07, 6.45) is 6.72. The molecule has 3 heteroatoms. The number of rotatable bonds is 4. The van der Waals surface area contributed by atoms with Crippen molar-refractivity contribution in [2.24, 2.45) is 5.92 Å². The lowest BCUT2D eigenvalue weighted by atomic mass is 9.96. The molecule has 1 aliphatic rings. The predicted octanol–water partition coefficient (Wildman–Crippen LogP) is 4.32. The van der Waals surface area contributed by atoms with E-state index in [2.05, 4.69) is 11.8 Å². The van der Waals surface area contributed by atoms with E-state index in [-0.39, 0.29) is 0 Å². The quantitative estimate of drug-likeness (QED) is 0.832. The highest BCUT2D eigenvalue weighted by atomic mass is 35.5. The lowest BCUT2D eigenvalue weighted by Crippen LogP contribution is -2.24. The second kappa shape index (κ2) is 7.16. The van der Waals surface area contributed by atoms with Crippen LogP contribution in [0.25, 0.3) is 0 Å². The van der Waals surface area contributed by atoms with Gasteiger partial charge in [0.05, 0.1) is 0 Å². The fourth-order valence-corrected chi connectivity index (χ4v) is 3.23. The number of hydrogen-bond donors (Lipinski definition) is 1. The van der Waals surface area contributed by atoms with Crippen molar-refractivity contribution in [3.8, 4) is 0 Å². The Morgan fingerprint density at radius 2 is 2.16 bits per heavy atom. The molecule has 1 unspecified atom stereocenters. The third kappa shape index (κ3) is 4.39. The molecule has 1 aromatic rings. The molecule has 2 rings (SSSR count). The van der Waals surface area contributed by atoms with Gasteiger partial charge in [0, 0.05) is 17.3 Å². The van der Waals surface area contributed by atoms with Gasteiger partial charge in [-0.25, -0.2) is 0 Å². The van der Waals surface area contributed by atoms with Crippen molar-refractivity contribution >= 4 is 17.3 Å². The van der Waals surface area contributed by atoms with Gasteiger partial charge in [-0.15, -0.1) is 0 Å². The van der Waals surface area contributed by atoms with Crippen LogP contribution in [0.5, 0.6) is 0 Å². The molecule has 0 saturated carbocycles. The molecule has 0 spiro atoms. The predicted molar refractivity (Wildman–Crippen MR) is 83.4 cm³/mol. The minimum atomic E-state index is 0.780. The number of halogens is 1. The number of nitrogens with two attached hydrogens (primary N) is 1. The van der Waals surface area contributed by atoms with Gasteiger partial charge in [-0.2, -0.15) is 0 Å². The van der Waals surface area contributed by atoms with Gasteiger partial charge in [0.25, 0.3) is 0 Å². The summed E-state index contributed by atoms with van der Waals surface area (Å²) in [6, 6.07) is 5.78. The molecular formula is C16H25ClN2. The van der Waals surface area contributed by atoms with Crippen molar-refractivity contribution in [1.29, 1.82) is 0 Å². The molecule has 0 radical (unpaired) electrons. The minimum Gasteiger partial charge on any atom is -0.398 e. The molecule has 0 bridgehead atoms. The summed E-state index contributed by atoms with van der Waals surface area (Å²) in [5, 5.41) is 0.780. The number of anilines is 1. The zero-order chi connectivity index (χ0) is 13.7. The maximum absolute atomic E-state index is 6.06. The summed E-state index contributed by atoms with van der Waals surface area (Å²) in [5.74, 6) is 0.923. The first-order chi connectivity index (χ1) is 9.19. The second-order valence-corrected chi connectivity index (χ2v) is 6.14. The van der Waals surface area contributed by atoms with Crippen molar-refractivity contribution in [2.75, 3.05) is 18.8 Å². The van der Waals surface area contributed by atoms with Crippen LogP contribution in [0.3, 0.4) is 0 Å². The van der Waals surface area contributed by atoms with E-state index in [1.54, 1.807) is 0 Å². The van der Waals surface area contributed by atoms with E-state index in [0.29, 0.717) is 0 Å². The van der Waals surface area contributed by atoms with Gasteiger partial charge >= 0.3 is 0 Å². The van der Waals surface area contributed by atoms with Crippen LogP contribution in [0.15, 0.2) is 18.2 Å². The molecule has 1 saturated heterocycles. The topological polar surface area (TPSA) is 29.3 Å². The highest BCUT2D eigenvalue weighted by Crippen LogP contribution is 2.25.